The van der Waals surface area contributed by atoms with Crippen LogP contribution in [-0.4, -0.2) is 45.0 Å². The molecule has 2 unspecified atom stereocenters. The molecular formula is C24H32N4O3S2. The van der Waals surface area contributed by atoms with E-state index in [4.69, 9.17) is 10.5 Å². The number of ether oxygens (including phenoxy) is 1. The first-order chi connectivity index (χ1) is 15.8. The number of nitrogens with one attached hydrogen (secondary N) is 2. The number of rotatable bonds is 9. The molecule has 0 aliphatic heterocycles. The molecule has 9 heteroatoms. The number of fused-ring (bicyclic) bond motifs is 1. The maximum absolute atomic E-state index is 11.7. The predicted octanol–water partition coefficient (Wildman–Crippen LogP) is 3.36. The number of aromatic nitrogens is 1. The van der Waals surface area contributed by atoms with Gasteiger partial charge in [0.1, 0.15) is 11.1 Å². The van der Waals surface area contributed by atoms with Gasteiger partial charge in [0.2, 0.25) is 10.0 Å². The lowest BCUT2D eigenvalue weighted by molar-refractivity contribution is 0.0295. The molecule has 2 aliphatic rings. The highest BCUT2D eigenvalue weighted by Gasteiger charge is 2.26. The first kappa shape index (κ1) is 24.1. The van der Waals surface area contributed by atoms with Gasteiger partial charge in [0.15, 0.2) is 0 Å². The maximum Gasteiger partial charge on any atom is 0.212 e. The molecule has 0 bridgehead atoms. The summed E-state index contributed by atoms with van der Waals surface area (Å²) in [7, 11) is -1.76. The SMILES string of the molecule is CNS(=O)(=O)CCNC1CCc2c(-c3cnc(C4=CCC(OC(C)C)C(N)=C4)s3)cccc21. The molecule has 7 nitrogen and oxygen atoms in total. The zero-order chi connectivity index (χ0) is 23.6. The lowest BCUT2D eigenvalue weighted by Crippen LogP contribution is -2.31. The average molecular weight is 489 g/mol. The molecule has 0 saturated carbocycles. The van der Waals surface area contributed by atoms with Crippen molar-refractivity contribution in [2.24, 2.45) is 5.73 Å². The Morgan fingerprint density at radius 3 is 2.88 bits per heavy atom. The van der Waals surface area contributed by atoms with Crippen LogP contribution in [0.4, 0.5) is 0 Å². The van der Waals surface area contributed by atoms with E-state index in [0.29, 0.717) is 6.54 Å². The molecule has 1 aromatic heterocycles. The van der Waals surface area contributed by atoms with Crippen LogP contribution < -0.4 is 15.8 Å². The van der Waals surface area contributed by atoms with Gasteiger partial charge in [-0.05, 0) is 62.9 Å². The van der Waals surface area contributed by atoms with Crippen molar-refractivity contribution in [2.75, 3.05) is 19.3 Å². The Bertz CT molecular complexity index is 1170. The van der Waals surface area contributed by atoms with E-state index < -0.39 is 10.0 Å². The molecule has 178 valence electrons. The molecule has 1 aromatic carbocycles. The van der Waals surface area contributed by atoms with Gasteiger partial charge in [-0.2, -0.15) is 0 Å². The highest BCUT2D eigenvalue weighted by Crippen LogP contribution is 2.40. The van der Waals surface area contributed by atoms with E-state index in [9.17, 15) is 8.42 Å². The monoisotopic (exact) mass is 488 g/mol. The lowest BCUT2D eigenvalue weighted by atomic mass is 10.0. The standard InChI is InChI=1S/C24H32N4O3S2/c1-15(2)31-22-10-7-16(13-20(22)25)24-28-14-23(32-24)19-6-4-5-18-17(19)8-9-21(18)27-11-12-33(29,30)26-3/h4-7,13-15,21-22,26-27H,8-12,25H2,1-3H3. The summed E-state index contributed by atoms with van der Waals surface area (Å²) < 4.78 is 31.6. The summed E-state index contributed by atoms with van der Waals surface area (Å²) in [5.41, 5.74) is 11.8. The largest absolute Gasteiger partial charge is 0.400 e. The minimum Gasteiger partial charge on any atom is -0.400 e. The van der Waals surface area contributed by atoms with Crippen LogP contribution in [-0.2, 0) is 21.2 Å². The topological polar surface area (TPSA) is 106 Å². The molecule has 2 atom stereocenters. The number of hydrogen-bond donors (Lipinski definition) is 3. The Labute approximate surface area is 200 Å². The third kappa shape index (κ3) is 5.55. The lowest BCUT2D eigenvalue weighted by Gasteiger charge is -2.23. The Balaban J connectivity index is 1.49. The van der Waals surface area contributed by atoms with E-state index in [1.54, 1.807) is 11.3 Å². The Morgan fingerprint density at radius 2 is 2.15 bits per heavy atom. The van der Waals surface area contributed by atoms with Gasteiger partial charge in [0, 0.05) is 30.1 Å². The maximum atomic E-state index is 11.7. The van der Waals surface area contributed by atoms with Gasteiger partial charge < -0.3 is 15.8 Å². The number of hydrogen-bond acceptors (Lipinski definition) is 7. The minimum atomic E-state index is -3.21. The molecular weight excluding hydrogens is 456 g/mol. The minimum absolute atomic E-state index is 0.0712. The number of nitrogens with two attached hydrogens (primary N) is 1. The van der Waals surface area contributed by atoms with Crippen molar-refractivity contribution in [3.8, 4) is 10.4 Å². The number of benzene rings is 1. The molecule has 4 N–H and O–H groups in total. The van der Waals surface area contributed by atoms with Crippen molar-refractivity contribution in [2.45, 2.75) is 51.4 Å². The average Bonchev–Trinajstić information content (AvgIpc) is 3.42. The Morgan fingerprint density at radius 1 is 1.33 bits per heavy atom. The van der Waals surface area contributed by atoms with Gasteiger partial charge in [-0.1, -0.05) is 24.3 Å². The van der Waals surface area contributed by atoms with Gasteiger partial charge in [-0.15, -0.1) is 11.3 Å². The number of thiazole rings is 1. The van der Waals surface area contributed by atoms with Crippen LogP contribution in [0, 0.1) is 0 Å². The van der Waals surface area contributed by atoms with E-state index in [1.165, 1.54) is 23.7 Å². The fourth-order valence-electron chi connectivity index (χ4n) is 4.41. The second-order valence-corrected chi connectivity index (χ2v) is 11.8. The Hall–Kier alpha value is -2.04. The van der Waals surface area contributed by atoms with Crippen LogP contribution in [0.3, 0.4) is 0 Å². The van der Waals surface area contributed by atoms with Crippen molar-refractivity contribution < 1.29 is 13.2 Å². The van der Waals surface area contributed by atoms with Gasteiger partial charge in [-0.25, -0.2) is 18.1 Å². The summed E-state index contributed by atoms with van der Waals surface area (Å²) in [6, 6.07) is 6.53. The third-order valence-electron chi connectivity index (χ3n) is 6.04. The fourth-order valence-corrected chi connectivity index (χ4v) is 5.98. The number of allylic oxidation sites excluding steroid dienone is 2. The van der Waals surface area contributed by atoms with Crippen LogP contribution in [0.15, 0.2) is 42.2 Å². The zero-order valence-electron chi connectivity index (χ0n) is 19.3. The molecule has 0 saturated heterocycles. The molecule has 0 radical (unpaired) electrons. The van der Waals surface area contributed by atoms with Crippen LogP contribution >= 0.6 is 11.3 Å². The molecule has 0 spiro atoms. The van der Waals surface area contributed by atoms with E-state index in [-0.39, 0.29) is 24.0 Å². The van der Waals surface area contributed by atoms with Gasteiger partial charge >= 0.3 is 0 Å². The van der Waals surface area contributed by atoms with Crippen molar-refractivity contribution in [3.05, 3.63) is 58.4 Å². The summed E-state index contributed by atoms with van der Waals surface area (Å²) in [5, 5.41) is 4.37. The second kappa shape index (κ2) is 10.1. The second-order valence-electron chi connectivity index (χ2n) is 8.68. The van der Waals surface area contributed by atoms with Crippen LogP contribution in [0.5, 0.6) is 0 Å². The normalized spacial score (nSPS) is 20.6. The van der Waals surface area contributed by atoms with Crippen molar-refractivity contribution in [1.82, 2.24) is 15.0 Å². The van der Waals surface area contributed by atoms with Gasteiger partial charge in [-0.3, -0.25) is 0 Å². The summed E-state index contributed by atoms with van der Waals surface area (Å²) in [6.07, 6.45) is 8.80. The molecule has 0 amide bonds. The summed E-state index contributed by atoms with van der Waals surface area (Å²) in [5.74, 6) is 0.0715. The summed E-state index contributed by atoms with van der Waals surface area (Å²) in [6.45, 7) is 4.45. The van der Waals surface area contributed by atoms with Crippen LogP contribution in [0.2, 0.25) is 0 Å². The van der Waals surface area contributed by atoms with Crippen LogP contribution in [0.1, 0.15) is 48.9 Å². The van der Waals surface area contributed by atoms with E-state index in [0.717, 1.165) is 40.4 Å². The number of sulfonamides is 1. The van der Waals surface area contributed by atoms with E-state index in [2.05, 4.69) is 39.3 Å². The third-order valence-corrected chi connectivity index (χ3v) is 8.49. The first-order valence-corrected chi connectivity index (χ1v) is 13.8. The molecule has 2 aliphatic carbocycles. The van der Waals surface area contributed by atoms with E-state index in [1.807, 2.05) is 26.1 Å². The summed E-state index contributed by atoms with van der Waals surface area (Å²) in [4.78, 5) is 5.82. The predicted molar refractivity (Wildman–Crippen MR) is 134 cm³/mol. The fraction of sp³-hybridized carbons (Fsp3) is 0.458. The highest BCUT2D eigenvalue weighted by molar-refractivity contribution is 7.89. The molecule has 4 rings (SSSR count). The highest BCUT2D eigenvalue weighted by atomic mass is 32.2. The smallest absolute Gasteiger partial charge is 0.212 e. The zero-order valence-corrected chi connectivity index (χ0v) is 20.9. The van der Waals surface area contributed by atoms with Gasteiger partial charge in [0.05, 0.1) is 16.7 Å². The molecule has 2 aromatic rings. The summed E-state index contributed by atoms with van der Waals surface area (Å²) >= 11 is 1.67. The molecule has 1 heterocycles. The van der Waals surface area contributed by atoms with Gasteiger partial charge in [0.25, 0.3) is 0 Å². The first-order valence-electron chi connectivity index (χ1n) is 11.3. The van der Waals surface area contributed by atoms with Crippen molar-refractivity contribution >= 4 is 26.9 Å². The number of nitrogens with zero attached hydrogens (tertiary/aromatic N) is 1. The van der Waals surface area contributed by atoms with Crippen molar-refractivity contribution in [1.29, 1.82) is 0 Å². The molecule has 33 heavy (non-hydrogen) atoms. The van der Waals surface area contributed by atoms with Crippen molar-refractivity contribution in [3.63, 3.8) is 0 Å². The van der Waals surface area contributed by atoms with E-state index >= 15 is 0 Å². The molecule has 0 fully saturated rings. The Kier molecular flexibility index (Phi) is 7.35. The quantitative estimate of drug-likeness (QED) is 0.500. The van der Waals surface area contributed by atoms with Crippen LogP contribution in [0.25, 0.3) is 16.0 Å².